The molecule has 2 aliphatic heterocycles. The van der Waals surface area contributed by atoms with Crippen LogP contribution in [0.5, 0.6) is 0 Å². The van der Waals surface area contributed by atoms with E-state index in [2.05, 4.69) is 15.6 Å². The molecule has 2 atom stereocenters. The van der Waals surface area contributed by atoms with Crippen LogP contribution in [0.2, 0.25) is 5.15 Å². The second-order valence-corrected chi connectivity index (χ2v) is 8.84. The van der Waals surface area contributed by atoms with Gasteiger partial charge in [0, 0.05) is 26.2 Å². The molecule has 1 fully saturated rings. The molecular weight excluding hydrogens is 438 g/mol. The van der Waals surface area contributed by atoms with E-state index in [0.29, 0.717) is 24.4 Å². The largest absolute Gasteiger partial charge is 0.350 e. The summed E-state index contributed by atoms with van der Waals surface area (Å²) >= 11 is 7.06. The van der Waals surface area contributed by atoms with Crippen molar-refractivity contribution in [2.24, 2.45) is 5.92 Å². The standard InChI is InChI=1S/C21H24ClN5O3S/c1-2-13(10-23-20(29)17-18(22)24-12-31-17)19(28)25-16-15-7-4-3-6-14(15)11-26-8-5-9-27(26)21(16)30/h3-4,6-7,12-13,16H,2,5,8-11H2,1H3,(H,23,29)(H,25,28)/t13?,16-/m0/s1. The Balaban J connectivity index is 1.48. The molecule has 8 nitrogen and oxygen atoms in total. The van der Waals surface area contributed by atoms with Crippen LogP contribution in [0.15, 0.2) is 29.8 Å². The molecule has 2 aliphatic rings. The fourth-order valence-corrected chi connectivity index (χ4v) is 4.93. The topological polar surface area (TPSA) is 94.6 Å². The van der Waals surface area contributed by atoms with Crippen molar-refractivity contribution in [3.63, 3.8) is 0 Å². The summed E-state index contributed by atoms with van der Waals surface area (Å²) in [7, 11) is 0. The van der Waals surface area contributed by atoms with E-state index in [9.17, 15) is 14.4 Å². The van der Waals surface area contributed by atoms with E-state index in [4.69, 9.17) is 11.6 Å². The molecule has 3 amide bonds. The lowest BCUT2D eigenvalue weighted by atomic mass is 9.98. The third-order valence-corrected chi connectivity index (χ3v) is 6.96. The van der Waals surface area contributed by atoms with Crippen molar-refractivity contribution in [3.8, 4) is 0 Å². The van der Waals surface area contributed by atoms with Crippen LogP contribution in [0.4, 0.5) is 0 Å². The number of rotatable bonds is 6. The van der Waals surface area contributed by atoms with E-state index in [1.807, 2.05) is 36.2 Å². The Kier molecular flexibility index (Phi) is 6.54. The number of benzene rings is 1. The van der Waals surface area contributed by atoms with Gasteiger partial charge in [0.25, 0.3) is 11.8 Å². The van der Waals surface area contributed by atoms with Crippen LogP contribution in [-0.2, 0) is 16.1 Å². The summed E-state index contributed by atoms with van der Waals surface area (Å²) in [5.41, 5.74) is 3.36. The summed E-state index contributed by atoms with van der Waals surface area (Å²) in [4.78, 5) is 42.9. The summed E-state index contributed by atoms with van der Waals surface area (Å²) < 4.78 is 0. The maximum atomic E-state index is 13.3. The monoisotopic (exact) mass is 461 g/mol. The minimum absolute atomic E-state index is 0.119. The van der Waals surface area contributed by atoms with Crippen LogP contribution in [0.1, 0.15) is 46.6 Å². The van der Waals surface area contributed by atoms with Gasteiger partial charge in [0.1, 0.15) is 10.9 Å². The Hall–Kier alpha value is -2.49. The molecule has 164 valence electrons. The number of carbonyl (C=O) groups is 3. The van der Waals surface area contributed by atoms with Gasteiger partial charge in [0.15, 0.2) is 5.15 Å². The number of carbonyl (C=O) groups excluding carboxylic acids is 3. The molecule has 10 heteroatoms. The summed E-state index contributed by atoms with van der Waals surface area (Å²) in [6.45, 7) is 4.15. The molecule has 2 aromatic rings. The number of nitrogens with one attached hydrogen (secondary N) is 2. The molecule has 3 heterocycles. The van der Waals surface area contributed by atoms with Crippen LogP contribution in [0, 0.1) is 5.92 Å². The number of hydrogen-bond donors (Lipinski definition) is 2. The van der Waals surface area contributed by atoms with Crippen LogP contribution >= 0.6 is 22.9 Å². The predicted molar refractivity (Wildman–Crippen MR) is 117 cm³/mol. The number of aromatic nitrogens is 1. The van der Waals surface area contributed by atoms with Crippen LogP contribution in [0.25, 0.3) is 0 Å². The quantitative estimate of drug-likeness (QED) is 0.688. The zero-order chi connectivity index (χ0) is 22.0. The average molecular weight is 462 g/mol. The number of amides is 3. The van der Waals surface area contributed by atoms with Gasteiger partial charge in [-0.05, 0) is 24.0 Å². The minimum atomic E-state index is -0.743. The summed E-state index contributed by atoms with van der Waals surface area (Å²) in [6.07, 6.45) is 1.43. The molecule has 1 saturated heterocycles. The van der Waals surface area contributed by atoms with Crippen molar-refractivity contribution in [2.75, 3.05) is 19.6 Å². The van der Waals surface area contributed by atoms with E-state index in [1.54, 1.807) is 5.01 Å². The smallest absolute Gasteiger partial charge is 0.264 e. The van der Waals surface area contributed by atoms with Gasteiger partial charge in [0.2, 0.25) is 5.91 Å². The second-order valence-electron chi connectivity index (χ2n) is 7.63. The lowest BCUT2D eigenvalue weighted by Gasteiger charge is -2.28. The third-order valence-electron chi connectivity index (χ3n) is 5.74. The number of thiazole rings is 1. The Morgan fingerprint density at radius 3 is 2.87 bits per heavy atom. The average Bonchev–Trinajstić information content (AvgIpc) is 3.39. The third kappa shape index (κ3) is 4.44. The van der Waals surface area contributed by atoms with E-state index in [0.717, 1.165) is 35.4 Å². The molecule has 0 spiro atoms. The van der Waals surface area contributed by atoms with Crippen molar-refractivity contribution in [1.29, 1.82) is 0 Å². The van der Waals surface area contributed by atoms with Crippen LogP contribution in [-0.4, -0.2) is 52.4 Å². The first-order chi connectivity index (χ1) is 15.0. The van der Waals surface area contributed by atoms with Crippen LogP contribution < -0.4 is 10.6 Å². The highest BCUT2D eigenvalue weighted by Crippen LogP contribution is 2.30. The van der Waals surface area contributed by atoms with Gasteiger partial charge in [-0.15, -0.1) is 11.3 Å². The SMILES string of the molecule is CCC(CNC(=O)c1scnc1Cl)C(=O)N[C@@H]1C(=O)N2CCCN2Cc2ccccc21. The van der Waals surface area contributed by atoms with Crippen molar-refractivity contribution in [1.82, 2.24) is 25.6 Å². The van der Waals surface area contributed by atoms with Gasteiger partial charge >= 0.3 is 0 Å². The molecule has 0 bridgehead atoms. The van der Waals surface area contributed by atoms with E-state index in [1.165, 1.54) is 5.51 Å². The highest BCUT2D eigenvalue weighted by molar-refractivity contribution is 7.12. The fraction of sp³-hybridized carbons (Fsp3) is 0.429. The molecular formula is C21H24ClN5O3S. The zero-order valence-corrected chi connectivity index (χ0v) is 18.7. The molecule has 31 heavy (non-hydrogen) atoms. The lowest BCUT2D eigenvalue weighted by Crippen LogP contribution is -2.47. The van der Waals surface area contributed by atoms with E-state index >= 15 is 0 Å². The Bertz CT molecular complexity index is 997. The first-order valence-electron chi connectivity index (χ1n) is 10.3. The Morgan fingerprint density at radius 1 is 1.32 bits per heavy atom. The normalized spacial score (nSPS) is 19.4. The number of hydrazine groups is 1. The first-order valence-corrected chi connectivity index (χ1v) is 11.6. The van der Waals surface area contributed by atoms with Gasteiger partial charge < -0.3 is 10.6 Å². The van der Waals surface area contributed by atoms with E-state index < -0.39 is 12.0 Å². The number of halogens is 1. The van der Waals surface area contributed by atoms with E-state index in [-0.39, 0.29) is 29.4 Å². The van der Waals surface area contributed by atoms with Crippen molar-refractivity contribution in [3.05, 3.63) is 50.9 Å². The highest BCUT2D eigenvalue weighted by Gasteiger charge is 2.38. The van der Waals surface area contributed by atoms with Gasteiger partial charge in [-0.3, -0.25) is 19.4 Å². The maximum Gasteiger partial charge on any atom is 0.264 e. The van der Waals surface area contributed by atoms with Gasteiger partial charge in [-0.1, -0.05) is 42.8 Å². The number of nitrogens with zero attached hydrogens (tertiary/aromatic N) is 3. The van der Waals surface area contributed by atoms with Gasteiger partial charge in [-0.2, -0.15) is 0 Å². The highest BCUT2D eigenvalue weighted by atomic mass is 35.5. The molecule has 0 saturated carbocycles. The number of hydrogen-bond acceptors (Lipinski definition) is 6. The predicted octanol–water partition coefficient (Wildman–Crippen LogP) is 2.37. The zero-order valence-electron chi connectivity index (χ0n) is 17.1. The molecule has 1 unspecified atom stereocenters. The molecule has 0 aliphatic carbocycles. The van der Waals surface area contributed by atoms with Crippen molar-refractivity contribution >= 4 is 40.7 Å². The second kappa shape index (κ2) is 9.33. The fourth-order valence-electron chi connectivity index (χ4n) is 4.02. The lowest BCUT2D eigenvalue weighted by molar-refractivity contribution is -0.148. The van der Waals surface area contributed by atoms with Crippen molar-refractivity contribution < 1.29 is 14.4 Å². The van der Waals surface area contributed by atoms with Crippen molar-refractivity contribution in [2.45, 2.75) is 32.4 Å². The molecule has 2 N–H and O–H groups in total. The maximum absolute atomic E-state index is 13.3. The summed E-state index contributed by atoms with van der Waals surface area (Å²) in [5, 5.41) is 9.66. The minimum Gasteiger partial charge on any atom is -0.350 e. The molecule has 0 radical (unpaired) electrons. The van der Waals surface area contributed by atoms with Gasteiger partial charge in [-0.25, -0.2) is 9.99 Å². The molecule has 4 rings (SSSR count). The molecule has 1 aromatic heterocycles. The Labute approximate surface area is 189 Å². The van der Waals surface area contributed by atoms with Gasteiger partial charge in [0.05, 0.1) is 11.4 Å². The number of fused-ring (bicyclic) bond motifs is 2. The first kappa shape index (κ1) is 21.7. The van der Waals surface area contributed by atoms with Crippen LogP contribution in [0.3, 0.4) is 0 Å². The molecule has 1 aromatic carbocycles. The summed E-state index contributed by atoms with van der Waals surface area (Å²) in [5.74, 6) is -1.22. The summed E-state index contributed by atoms with van der Waals surface area (Å²) in [6, 6.07) is 6.99. The Morgan fingerprint density at radius 2 is 2.13 bits per heavy atom.